The number of ether oxygens (including phenoxy) is 2. The molecule has 0 radical (unpaired) electrons. The number of carbonyl (C=O) groups is 2. The highest BCUT2D eigenvalue weighted by atomic mass is 16.5. The molecule has 0 aliphatic heterocycles. The van der Waals surface area contributed by atoms with Crippen LogP contribution in [0, 0.1) is 6.92 Å². The highest BCUT2D eigenvalue weighted by molar-refractivity contribution is 6.06. The molecule has 0 bridgehead atoms. The quantitative estimate of drug-likeness (QED) is 0.261. The fraction of sp³-hybridized carbons (Fsp3) is 0.0833. The molecule has 0 atom stereocenters. The Hall–Kier alpha value is -3.66. The molecule has 0 N–H and O–H groups in total. The third kappa shape index (κ3) is 4.95. The Morgan fingerprint density at radius 1 is 0.821 bits per heavy atom. The van der Waals surface area contributed by atoms with Crippen LogP contribution in [0.15, 0.2) is 78.9 Å². The molecule has 140 valence electrons. The molecule has 0 spiro atoms. The first-order valence-electron chi connectivity index (χ1n) is 8.80. The van der Waals surface area contributed by atoms with Crippen LogP contribution in [0.2, 0.25) is 0 Å². The van der Waals surface area contributed by atoms with E-state index in [-0.39, 0.29) is 5.78 Å². The summed E-state index contributed by atoms with van der Waals surface area (Å²) >= 11 is 0. The largest absolute Gasteiger partial charge is 0.497 e. The van der Waals surface area contributed by atoms with Crippen molar-refractivity contribution in [2.45, 2.75) is 6.92 Å². The van der Waals surface area contributed by atoms with Gasteiger partial charge in [-0.3, -0.25) is 4.79 Å². The van der Waals surface area contributed by atoms with Crippen LogP contribution < -0.4 is 9.47 Å². The summed E-state index contributed by atoms with van der Waals surface area (Å²) in [6, 6.07) is 21.1. The first kappa shape index (κ1) is 19.1. The van der Waals surface area contributed by atoms with Crippen molar-refractivity contribution in [3.63, 3.8) is 0 Å². The van der Waals surface area contributed by atoms with Gasteiger partial charge >= 0.3 is 5.97 Å². The van der Waals surface area contributed by atoms with E-state index >= 15 is 0 Å². The zero-order valence-corrected chi connectivity index (χ0v) is 15.7. The minimum absolute atomic E-state index is 0.140. The number of carbonyl (C=O) groups excluding carboxylic acids is 2. The Labute approximate surface area is 164 Å². The van der Waals surface area contributed by atoms with Gasteiger partial charge in [0.15, 0.2) is 5.78 Å². The van der Waals surface area contributed by atoms with Gasteiger partial charge in [0.25, 0.3) is 0 Å². The maximum absolute atomic E-state index is 12.3. The predicted molar refractivity (Wildman–Crippen MR) is 109 cm³/mol. The first-order valence-corrected chi connectivity index (χ1v) is 8.80. The summed E-state index contributed by atoms with van der Waals surface area (Å²) in [6.07, 6.45) is 3.23. The van der Waals surface area contributed by atoms with Crippen LogP contribution in [0.3, 0.4) is 0 Å². The Morgan fingerprint density at radius 2 is 1.50 bits per heavy atom. The molecule has 0 heterocycles. The molecule has 0 amide bonds. The van der Waals surface area contributed by atoms with E-state index in [1.165, 1.54) is 6.08 Å². The number of rotatable bonds is 6. The minimum Gasteiger partial charge on any atom is -0.497 e. The summed E-state index contributed by atoms with van der Waals surface area (Å²) in [7, 11) is 1.60. The third-order valence-electron chi connectivity index (χ3n) is 4.16. The second-order valence-electron chi connectivity index (χ2n) is 6.25. The molecule has 0 aliphatic carbocycles. The molecule has 0 fully saturated rings. The summed E-state index contributed by atoms with van der Waals surface area (Å²) in [6.45, 7) is 1.95. The fourth-order valence-electron chi connectivity index (χ4n) is 2.56. The highest BCUT2D eigenvalue weighted by Crippen LogP contribution is 2.17. The van der Waals surface area contributed by atoms with Gasteiger partial charge in [-0.05, 0) is 67.1 Å². The molecule has 3 aromatic carbocycles. The van der Waals surface area contributed by atoms with E-state index in [2.05, 4.69) is 0 Å². The van der Waals surface area contributed by atoms with E-state index in [1.807, 2.05) is 43.3 Å². The van der Waals surface area contributed by atoms with Crippen LogP contribution in [0.4, 0.5) is 0 Å². The minimum atomic E-state index is -0.433. The first-order chi connectivity index (χ1) is 13.5. The molecule has 0 saturated carbocycles. The van der Waals surface area contributed by atoms with Crippen molar-refractivity contribution in [1.29, 1.82) is 0 Å². The molecule has 3 rings (SSSR count). The van der Waals surface area contributed by atoms with E-state index in [9.17, 15) is 9.59 Å². The summed E-state index contributed by atoms with van der Waals surface area (Å²) in [5.74, 6) is 0.546. The van der Waals surface area contributed by atoms with Crippen molar-refractivity contribution in [2.24, 2.45) is 0 Å². The summed E-state index contributed by atoms with van der Waals surface area (Å²) < 4.78 is 10.5. The lowest BCUT2D eigenvalue weighted by Gasteiger charge is -2.05. The zero-order valence-electron chi connectivity index (χ0n) is 15.7. The normalized spacial score (nSPS) is 10.6. The molecule has 0 aromatic heterocycles. The van der Waals surface area contributed by atoms with Crippen molar-refractivity contribution >= 4 is 17.8 Å². The van der Waals surface area contributed by atoms with Crippen LogP contribution in [-0.4, -0.2) is 18.9 Å². The van der Waals surface area contributed by atoms with Gasteiger partial charge in [0, 0.05) is 5.56 Å². The number of ketones is 1. The molecule has 0 saturated heterocycles. The van der Waals surface area contributed by atoms with Crippen molar-refractivity contribution in [2.75, 3.05) is 7.11 Å². The van der Waals surface area contributed by atoms with Gasteiger partial charge in [-0.1, -0.05) is 35.9 Å². The van der Waals surface area contributed by atoms with Gasteiger partial charge < -0.3 is 9.47 Å². The van der Waals surface area contributed by atoms with E-state index in [0.29, 0.717) is 16.9 Å². The molecule has 0 aliphatic rings. The summed E-state index contributed by atoms with van der Waals surface area (Å²) in [5.41, 5.74) is 2.93. The SMILES string of the molecule is COc1cccc(/C=C/C(=O)c2ccc(OC(=O)c3ccc(C)cc3)cc2)c1. The summed E-state index contributed by atoms with van der Waals surface area (Å²) in [4.78, 5) is 24.5. The lowest BCUT2D eigenvalue weighted by atomic mass is 10.1. The third-order valence-corrected chi connectivity index (χ3v) is 4.16. The van der Waals surface area contributed by atoms with Crippen LogP contribution in [0.1, 0.15) is 31.8 Å². The van der Waals surface area contributed by atoms with Gasteiger partial charge in [-0.2, -0.15) is 0 Å². The van der Waals surface area contributed by atoms with Gasteiger partial charge in [-0.15, -0.1) is 0 Å². The highest BCUT2D eigenvalue weighted by Gasteiger charge is 2.09. The number of allylic oxidation sites excluding steroid dienone is 1. The molecule has 3 aromatic rings. The van der Waals surface area contributed by atoms with Gasteiger partial charge in [0.1, 0.15) is 11.5 Å². The summed E-state index contributed by atoms with van der Waals surface area (Å²) in [5, 5.41) is 0. The average Bonchev–Trinajstić information content (AvgIpc) is 2.73. The number of hydrogen-bond acceptors (Lipinski definition) is 4. The maximum atomic E-state index is 12.3. The zero-order chi connectivity index (χ0) is 19.9. The van der Waals surface area contributed by atoms with Crippen molar-refractivity contribution in [3.05, 3.63) is 101 Å². The Balaban J connectivity index is 1.64. The Kier molecular flexibility index (Phi) is 6.02. The second-order valence-corrected chi connectivity index (χ2v) is 6.25. The van der Waals surface area contributed by atoms with Gasteiger partial charge in [-0.25, -0.2) is 4.79 Å². The standard InChI is InChI=1S/C24H20O4/c1-17-6-9-20(10-7-17)24(26)28-21-13-11-19(12-14-21)23(25)15-8-18-4-3-5-22(16-18)27-2/h3-16H,1-2H3/b15-8+. The number of hydrogen-bond donors (Lipinski definition) is 0. The Bertz CT molecular complexity index is 1000. The second kappa shape index (κ2) is 8.82. The number of aryl methyl sites for hydroxylation is 1. The molecule has 28 heavy (non-hydrogen) atoms. The molecule has 4 nitrogen and oxygen atoms in total. The van der Waals surface area contributed by atoms with E-state index in [4.69, 9.17) is 9.47 Å². The Morgan fingerprint density at radius 3 is 2.18 bits per heavy atom. The van der Waals surface area contributed by atoms with Crippen molar-refractivity contribution in [3.8, 4) is 11.5 Å². The van der Waals surface area contributed by atoms with Crippen LogP contribution in [0.25, 0.3) is 6.08 Å². The topological polar surface area (TPSA) is 52.6 Å². The van der Waals surface area contributed by atoms with E-state index < -0.39 is 5.97 Å². The van der Waals surface area contributed by atoms with Crippen LogP contribution in [-0.2, 0) is 0 Å². The molecular weight excluding hydrogens is 352 g/mol. The smallest absolute Gasteiger partial charge is 0.343 e. The van der Waals surface area contributed by atoms with E-state index in [0.717, 1.165) is 16.9 Å². The molecule has 0 unspecified atom stereocenters. The van der Waals surface area contributed by atoms with Gasteiger partial charge in [0.2, 0.25) is 0 Å². The maximum Gasteiger partial charge on any atom is 0.343 e. The van der Waals surface area contributed by atoms with Crippen molar-refractivity contribution in [1.82, 2.24) is 0 Å². The van der Waals surface area contributed by atoms with Crippen LogP contribution >= 0.6 is 0 Å². The monoisotopic (exact) mass is 372 g/mol. The van der Waals surface area contributed by atoms with Crippen LogP contribution in [0.5, 0.6) is 11.5 Å². The number of methoxy groups -OCH3 is 1. The average molecular weight is 372 g/mol. The lowest BCUT2D eigenvalue weighted by Crippen LogP contribution is -2.08. The number of esters is 1. The van der Waals surface area contributed by atoms with E-state index in [1.54, 1.807) is 49.6 Å². The van der Waals surface area contributed by atoms with Gasteiger partial charge in [0.05, 0.1) is 12.7 Å². The number of benzene rings is 3. The van der Waals surface area contributed by atoms with Crippen molar-refractivity contribution < 1.29 is 19.1 Å². The lowest BCUT2D eigenvalue weighted by molar-refractivity contribution is 0.0734. The molecule has 4 heteroatoms. The molecular formula is C24H20O4. The fourth-order valence-corrected chi connectivity index (χ4v) is 2.56. The predicted octanol–water partition coefficient (Wildman–Crippen LogP) is 5.12.